The SMILES string of the molecule is CC(=O)Nc1cn2cc(-c3cnc(N)c(/C=N/OC(C)(C)C)c3)ccc2n1. The minimum atomic E-state index is -0.381. The number of rotatable bonds is 4. The Morgan fingerprint density at radius 3 is 2.78 bits per heavy atom. The number of amides is 1. The number of hydrogen-bond acceptors (Lipinski definition) is 6. The van der Waals surface area contributed by atoms with E-state index in [2.05, 4.69) is 20.4 Å². The third kappa shape index (κ3) is 4.60. The number of hydrogen-bond donors (Lipinski definition) is 2. The topological polar surface area (TPSA) is 107 Å². The molecule has 3 heterocycles. The van der Waals surface area contributed by atoms with Crippen molar-refractivity contribution in [3.63, 3.8) is 0 Å². The number of nitrogens with zero attached hydrogens (tertiary/aromatic N) is 4. The van der Waals surface area contributed by atoms with E-state index < -0.39 is 0 Å². The number of pyridine rings is 2. The number of nitrogens with two attached hydrogens (primary N) is 1. The van der Waals surface area contributed by atoms with Gasteiger partial charge < -0.3 is 20.3 Å². The average molecular weight is 366 g/mol. The number of oxime groups is 1. The van der Waals surface area contributed by atoms with E-state index in [4.69, 9.17) is 10.6 Å². The number of nitrogens with one attached hydrogen (secondary N) is 1. The quantitative estimate of drug-likeness (QED) is 0.545. The molecule has 0 aromatic carbocycles. The molecule has 0 unspecified atom stereocenters. The lowest BCUT2D eigenvalue weighted by Gasteiger charge is -2.15. The predicted octanol–water partition coefficient (Wildman–Crippen LogP) is 3.09. The van der Waals surface area contributed by atoms with Crippen LogP contribution in [0, 0.1) is 0 Å². The van der Waals surface area contributed by atoms with E-state index in [-0.39, 0.29) is 11.5 Å². The lowest BCUT2D eigenvalue weighted by molar-refractivity contribution is -0.114. The molecule has 140 valence electrons. The van der Waals surface area contributed by atoms with Gasteiger partial charge in [0.05, 0.1) is 12.4 Å². The molecule has 3 N–H and O–H groups in total. The van der Waals surface area contributed by atoms with Crippen molar-refractivity contribution in [1.82, 2.24) is 14.4 Å². The van der Waals surface area contributed by atoms with Crippen molar-refractivity contribution < 1.29 is 9.63 Å². The Balaban J connectivity index is 1.91. The molecule has 0 atom stereocenters. The first-order chi connectivity index (χ1) is 12.7. The summed E-state index contributed by atoms with van der Waals surface area (Å²) in [4.78, 5) is 25.1. The van der Waals surface area contributed by atoms with Crippen LogP contribution in [0.3, 0.4) is 0 Å². The summed E-state index contributed by atoms with van der Waals surface area (Å²) in [7, 11) is 0. The molecule has 0 spiro atoms. The summed E-state index contributed by atoms with van der Waals surface area (Å²) in [6.07, 6.45) is 6.92. The van der Waals surface area contributed by atoms with Gasteiger partial charge in [-0.25, -0.2) is 9.97 Å². The average Bonchev–Trinajstić information content (AvgIpc) is 2.95. The molecule has 0 bridgehead atoms. The van der Waals surface area contributed by atoms with Gasteiger partial charge >= 0.3 is 0 Å². The molecule has 3 aromatic heterocycles. The maximum atomic E-state index is 11.2. The van der Waals surface area contributed by atoms with Crippen LogP contribution in [0.2, 0.25) is 0 Å². The molecular formula is C19H22N6O2. The van der Waals surface area contributed by atoms with Crippen LogP contribution >= 0.6 is 0 Å². The number of aromatic nitrogens is 3. The predicted molar refractivity (Wildman–Crippen MR) is 106 cm³/mol. The van der Waals surface area contributed by atoms with Crippen LogP contribution in [0.15, 0.2) is 41.9 Å². The summed E-state index contributed by atoms with van der Waals surface area (Å²) >= 11 is 0. The maximum absolute atomic E-state index is 11.2. The summed E-state index contributed by atoms with van der Waals surface area (Å²) in [6, 6.07) is 5.69. The van der Waals surface area contributed by atoms with E-state index in [9.17, 15) is 4.79 Å². The van der Waals surface area contributed by atoms with Crippen molar-refractivity contribution in [1.29, 1.82) is 0 Å². The van der Waals surface area contributed by atoms with Crippen LogP contribution in [0.4, 0.5) is 11.6 Å². The Bertz CT molecular complexity index is 1020. The molecule has 0 aliphatic carbocycles. The van der Waals surface area contributed by atoms with E-state index in [1.54, 1.807) is 18.6 Å². The van der Waals surface area contributed by atoms with Gasteiger partial charge in [0.15, 0.2) is 5.82 Å². The Kier molecular flexibility index (Phi) is 4.81. The molecule has 3 aromatic rings. The second kappa shape index (κ2) is 7.06. The van der Waals surface area contributed by atoms with Gasteiger partial charge in [0.2, 0.25) is 5.91 Å². The monoisotopic (exact) mass is 366 g/mol. The third-order valence-electron chi connectivity index (χ3n) is 3.56. The van der Waals surface area contributed by atoms with Crippen LogP contribution in [0.25, 0.3) is 16.8 Å². The first kappa shape index (κ1) is 18.4. The summed E-state index contributed by atoms with van der Waals surface area (Å²) in [5.74, 6) is 0.710. The molecule has 0 fully saturated rings. The number of fused-ring (bicyclic) bond motifs is 1. The van der Waals surface area contributed by atoms with Gasteiger partial charge in [0.1, 0.15) is 17.1 Å². The molecule has 3 rings (SSSR count). The summed E-state index contributed by atoms with van der Waals surface area (Å²) in [5, 5.41) is 6.66. The molecule has 0 aliphatic heterocycles. The molecule has 27 heavy (non-hydrogen) atoms. The minimum Gasteiger partial charge on any atom is -0.390 e. The first-order valence-electron chi connectivity index (χ1n) is 8.45. The van der Waals surface area contributed by atoms with Crippen LogP contribution < -0.4 is 11.1 Å². The van der Waals surface area contributed by atoms with Crippen LogP contribution in [0.1, 0.15) is 33.3 Å². The summed E-state index contributed by atoms with van der Waals surface area (Å²) in [5.41, 5.74) is 8.76. The minimum absolute atomic E-state index is 0.164. The molecule has 8 nitrogen and oxygen atoms in total. The van der Waals surface area contributed by atoms with Crippen molar-refractivity contribution in [2.45, 2.75) is 33.3 Å². The van der Waals surface area contributed by atoms with Crippen LogP contribution in [-0.2, 0) is 9.63 Å². The number of imidazole rings is 1. The van der Waals surface area contributed by atoms with Crippen molar-refractivity contribution in [3.05, 3.63) is 42.4 Å². The van der Waals surface area contributed by atoms with Gasteiger partial charge in [-0.15, -0.1) is 0 Å². The van der Waals surface area contributed by atoms with Crippen molar-refractivity contribution in [2.24, 2.45) is 5.16 Å². The van der Waals surface area contributed by atoms with Crippen molar-refractivity contribution >= 4 is 29.4 Å². The summed E-state index contributed by atoms with van der Waals surface area (Å²) < 4.78 is 1.84. The van der Waals surface area contributed by atoms with Gasteiger partial charge in [-0.05, 0) is 39.0 Å². The molecule has 0 saturated carbocycles. The Morgan fingerprint density at radius 1 is 1.30 bits per heavy atom. The molecule has 1 amide bonds. The van der Waals surface area contributed by atoms with E-state index in [1.165, 1.54) is 6.92 Å². The second-order valence-corrected chi connectivity index (χ2v) is 7.13. The fourth-order valence-electron chi connectivity index (χ4n) is 2.40. The van der Waals surface area contributed by atoms with E-state index in [0.717, 1.165) is 16.8 Å². The van der Waals surface area contributed by atoms with E-state index in [0.29, 0.717) is 17.2 Å². The highest BCUT2D eigenvalue weighted by molar-refractivity contribution is 5.88. The zero-order chi connectivity index (χ0) is 19.6. The van der Waals surface area contributed by atoms with Gasteiger partial charge in [0, 0.05) is 36.0 Å². The molecule has 0 aliphatic rings. The van der Waals surface area contributed by atoms with Gasteiger partial charge in [-0.2, -0.15) is 0 Å². The smallest absolute Gasteiger partial charge is 0.222 e. The standard InChI is InChI=1S/C19H22N6O2/c1-12(26)23-16-11-25-10-13(5-6-17(25)24-16)14-7-15(18(20)21-8-14)9-22-27-19(2,3)4/h5-11H,1-4H3,(H2,20,21)(H,23,26)/b22-9+. The van der Waals surface area contributed by atoms with Gasteiger partial charge in [-0.1, -0.05) is 5.16 Å². The zero-order valence-electron chi connectivity index (χ0n) is 15.7. The zero-order valence-corrected chi connectivity index (χ0v) is 15.7. The highest BCUT2D eigenvalue weighted by atomic mass is 16.6. The van der Waals surface area contributed by atoms with Crippen LogP contribution in [-0.4, -0.2) is 32.1 Å². The highest BCUT2D eigenvalue weighted by Gasteiger charge is 2.10. The van der Waals surface area contributed by atoms with Crippen molar-refractivity contribution in [2.75, 3.05) is 11.1 Å². The Hall–Kier alpha value is -3.42. The van der Waals surface area contributed by atoms with Crippen LogP contribution in [0.5, 0.6) is 0 Å². The van der Waals surface area contributed by atoms with Gasteiger partial charge in [-0.3, -0.25) is 4.79 Å². The molecule has 0 saturated heterocycles. The molecule has 8 heteroatoms. The molecule has 0 radical (unpaired) electrons. The lowest BCUT2D eigenvalue weighted by Crippen LogP contribution is -2.15. The highest BCUT2D eigenvalue weighted by Crippen LogP contribution is 2.23. The van der Waals surface area contributed by atoms with E-state index >= 15 is 0 Å². The largest absolute Gasteiger partial charge is 0.390 e. The fourth-order valence-corrected chi connectivity index (χ4v) is 2.40. The third-order valence-corrected chi connectivity index (χ3v) is 3.56. The Morgan fingerprint density at radius 2 is 2.07 bits per heavy atom. The number of anilines is 2. The first-order valence-corrected chi connectivity index (χ1v) is 8.45. The number of carbonyl (C=O) groups is 1. The number of nitrogen functional groups attached to an aromatic ring is 1. The normalized spacial score (nSPS) is 11.9. The fraction of sp³-hybridized carbons (Fsp3) is 0.263. The maximum Gasteiger partial charge on any atom is 0.222 e. The van der Waals surface area contributed by atoms with E-state index in [1.807, 2.05) is 49.6 Å². The van der Waals surface area contributed by atoms with Gasteiger partial charge in [0.25, 0.3) is 0 Å². The number of carbonyl (C=O) groups excluding carboxylic acids is 1. The summed E-state index contributed by atoms with van der Waals surface area (Å²) in [6.45, 7) is 7.19. The lowest BCUT2D eigenvalue weighted by atomic mass is 10.1. The Labute approximate surface area is 157 Å². The molecular weight excluding hydrogens is 344 g/mol. The second-order valence-electron chi connectivity index (χ2n) is 7.13. The van der Waals surface area contributed by atoms with Crippen molar-refractivity contribution in [3.8, 4) is 11.1 Å².